The van der Waals surface area contributed by atoms with E-state index in [1.165, 1.54) is 13.8 Å². The molecule has 0 heterocycles. The van der Waals surface area contributed by atoms with E-state index in [1.54, 1.807) is 6.08 Å². The molecule has 0 saturated carbocycles. The highest BCUT2D eigenvalue weighted by atomic mass is 16.5. The van der Waals surface area contributed by atoms with Gasteiger partial charge in [-0.25, -0.2) is 0 Å². The van der Waals surface area contributed by atoms with E-state index in [0.717, 1.165) is 98.8 Å². The minimum absolute atomic E-state index is 0.173. The van der Waals surface area contributed by atoms with Crippen molar-refractivity contribution < 1.29 is 28.5 Å². The van der Waals surface area contributed by atoms with Crippen LogP contribution in [0, 0.1) is 0 Å². The molecule has 6 heteroatoms. The van der Waals surface area contributed by atoms with E-state index in [2.05, 4.69) is 94.4 Å². The first kappa shape index (κ1) is 38.4. The first-order valence-corrected chi connectivity index (χ1v) is 19.0. The molecule has 0 aliphatic heterocycles. The molecule has 0 spiro atoms. The highest BCUT2D eigenvalue weighted by Gasteiger charge is 2.23. The molecule has 0 amide bonds. The Labute approximate surface area is 310 Å². The molecule has 274 valence electrons. The van der Waals surface area contributed by atoms with Gasteiger partial charge >= 0.3 is 0 Å². The maximum absolute atomic E-state index is 12.6. The molecular formula is C46H54O6. The topological polar surface area (TPSA) is 71.1 Å². The highest BCUT2D eigenvalue weighted by Crippen LogP contribution is 2.40. The van der Waals surface area contributed by atoms with Crippen LogP contribution < -0.4 is 18.9 Å². The number of hydrogen-bond donors (Lipinski definition) is 0. The van der Waals surface area contributed by atoms with Gasteiger partial charge in [0.25, 0.3) is 0 Å². The minimum atomic E-state index is -0.257. The molecule has 0 N–H and O–H groups in total. The third kappa shape index (κ3) is 9.33. The summed E-state index contributed by atoms with van der Waals surface area (Å²) in [6.45, 7) is 13.7. The number of fused-ring (bicyclic) bond motifs is 8. The molecule has 0 atom stereocenters. The Morgan fingerprint density at radius 3 is 1.02 bits per heavy atom. The molecule has 0 fully saturated rings. The summed E-state index contributed by atoms with van der Waals surface area (Å²) in [7, 11) is 0. The quantitative estimate of drug-likeness (QED) is 0.0615. The van der Waals surface area contributed by atoms with Gasteiger partial charge < -0.3 is 18.9 Å². The molecule has 0 saturated heterocycles. The summed E-state index contributed by atoms with van der Waals surface area (Å²) >= 11 is 0. The summed E-state index contributed by atoms with van der Waals surface area (Å²) in [6, 6.07) is 23.4. The van der Waals surface area contributed by atoms with Crippen LogP contribution in [-0.4, -0.2) is 38.0 Å². The van der Waals surface area contributed by atoms with Crippen LogP contribution in [0.4, 0.5) is 0 Å². The van der Waals surface area contributed by atoms with Crippen LogP contribution in [0.5, 0.6) is 23.0 Å². The van der Waals surface area contributed by atoms with Crippen LogP contribution in [0.25, 0.3) is 6.08 Å². The van der Waals surface area contributed by atoms with E-state index in [4.69, 9.17) is 18.9 Å². The molecule has 4 aromatic rings. The number of allylic oxidation sites excluding steroid dienone is 1. The van der Waals surface area contributed by atoms with Crippen LogP contribution in [0.3, 0.4) is 0 Å². The minimum Gasteiger partial charge on any atom is -0.493 e. The number of carbonyl (C=O) groups excluding carboxylic acids is 2. The maximum atomic E-state index is 12.6. The standard InChI is InChI=1S/C46H54O6/c1-7-20-49-43-34-14-11-15-35(43)28-37-17-13-19-39(45(37)51-22-9-3)30-41-25-33(26-42(31(5)47)32(6)48)24-40(46(41)52-23-10-4)29-38-18-12-16-36(27-34)44(38)50-21-8-2/h11-19,24-26H,7-10,20-23,27-30H2,1-6H3. The fourth-order valence-electron chi connectivity index (χ4n) is 6.87. The number of ketones is 2. The van der Waals surface area contributed by atoms with E-state index >= 15 is 0 Å². The van der Waals surface area contributed by atoms with E-state index in [0.29, 0.717) is 52.1 Å². The molecular weight excluding hydrogens is 649 g/mol. The first-order valence-electron chi connectivity index (χ1n) is 19.0. The fourth-order valence-corrected chi connectivity index (χ4v) is 6.87. The third-order valence-electron chi connectivity index (χ3n) is 9.19. The van der Waals surface area contributed by atoms with Crippen molar-refractivity contribution in [1.29, 1.82) is 0 Å². The summed E-state index contributed by atoms with van der Waals surface area (Å²) in [5.41, 5.74) is 9.40. The summed E-state index contributed by atoms with van der Waals surface area (Å²) in [5, 5.41) is 0. The van der Waals surface area contributed by atoms with Gasteiger partial charge in [0.2, 0.25) is 0 Å². The van der Waals surface area contributed by atoms with E-state index in [-0.39, 0.29) is 17.1 Å². The van der Waals surface area contributed by atoms with Crippen molar-refractivity contribution in [2.45, 2.75) is 92.9 Å². The average molecular weight is 703 g/mol. The second kappa shape index (κ2) is 18.6. The molecule has 5 rings (SSSR count). The van der Waals surface area contributed by atoms with Crippen molar-refractivity contribution in [1.82, 2.24) is 0 Å². The van der Waals surface area contributed by atoms with Crippen LogP contribution in [-0.2, 0) is 35.3 Å². The van der Waals surface area contributed by atoms with Crippen LogP contribution in [0.2, 0.25) is 0 Å². The van der Waals surface area contributed by atoms with Gasteiger partial charge in [0.15, 0.2) is 11.6 Å². The Balaban J connectivity index is 1.84. The summed E-state index contributed by atoms with van der Waals surface area (Å²) in [4.78, 5) is 25.2. The lowest BCUT2D eigenvalue weighted by Crippen LogP contribution is -2.10. The summed E-state index contributed by atoms with van der Waals surface area (Å²) < 4.78 is 26.4. The molecule has 0 aromatic heterocycles. The number of rotatable bonds is 15. The lowest BCUT2D eigenvalue weighted by Gasteiger charge is -2.23. The Morgan fingerprint density at radius 1 is 0.481 bits per heavy atom. The zero-order chi connectivity index (χ0) is 37.0. The number of para-hydroxylation sites is 3. The monoisotopic (exact) mass is 702 g/mol. The fraction of sp³-hybridized carbons (Fsp3) is 0.391. The van der Waals surface area contributed by atoms with Crippen molar-refractivity contribution in [3.8, 4) is 23.0 Å². The molecule has 52 heavy (non-hydrogen) atoms. The second-order valence-electron chi connectivity index (χ2n) is 13.7. The zero-order valence-corrected chi connectivity index (χ0v) is 31.9. The van der Waals surface area contributed by atoms with Crippen molar-refractivity contribution in [2.75, 3.05) is 26.4 Å². The largest absolute Gasteiger partial charge is 0.493 e. The van der Waals surface area contributed by atoms with Crippen LogP contribution >= 0.6 is 0 Å². The van der Waals surface area contributed by atoms with Crippen molar-refractivity contribution in [3.63, 3.8) is 0 Å². The van der Waals surface area contributed by atoms with Gasteiger partial charge in [-0.2, -0.15) is 0 Å². The molecule has 1 aliphatic rings. The van der Waals surface area contributed by atoms with E-state index in [9.17, 15) is 9.59 Å². The first-order chi connectivity index (χ1) is 25.3. The highest BCUT2D eigenvalue weighted by molar-refractivity contribution is 6.21. The van der Waals surface area contributed by atoms with E-state index in [1.807, 2.05) is 0 Å². The van der Waals surface area contributed by atoms with Gasteiger partial charge in [-0.05, 0) is 108 Å². The Bertz CT molecular complexity index is 1780. The molecule has 0 radical (unpaired) electrons. The van der Waals surface area contributed by atoms with Gasteiger partial charge in [-0.3, -0.25) is 9.59 Å². The SMILES string of the molecule is CCCOc1c2cccc1Cc1cccc(c1OCCC)Cc1cc(C=C(C(C)=O)C(C)=O)cc(c1OCCC)Cc1cccc(c1OCCC)C2. The molecule has 6 nitrogen and oxygen atoms in total. The van der Waals surface area contributed by atoms with Gasteiger partial charge in [0.05, 0.1) is 32.0 Å². The summed E-state index contributed by atoms with van der Waals surface area (Å²) in [6.07, 6.45) is 7.60. The lowest BCUT2D eigenvalue weighted by molar-refractivity contribution is -0.119. The summed E-state index contributed by atoms with van der Waals surface area (Å²) in [5.74, 6) is 2.98. The molecule has 0 unspecified atom stereocenters. The Morgan fingerprint density at radius 2 is 0.750 bits per heavy atom. The smallest absolute Gasteiger partial charge is 0.163 e. The third-order valence-corrected chi connectivity index (χ3v) is 9.19. The number of ether oxygens (including phenoxy) is 4. The number of hydrogen-bond acceptors (Lipinski definition) is 6. The van der Waals surface area contributed by atoms with Crippen LogP contribution in [0.1, 0.15) is 117 Å². The zero-order valence-electron chi connectivity index (χ0n) is 31.9. The maximum Gasteiger partial charge on any atom is 0.163 e. The Hall–Kier alpha value is -4.84. The van der Waals surface area contributed by atoms with Crippen molar-refractivity contribution >= 4 is 17.6 Å². The number of carbonyl (C=O) groups is 2. The van der Waals surface area contributed by atoms with Crippen molar-refractivity contribution in [3.05, 3.63) is 122 Å². The normalized spacial score (nSPS) is 12.1. The number of benzene rings is 4. The predicted octanol–water partition coefficient (Wildman–Crippen LogP) is 10.1. The molecule has 8 bridgehead atoms. The second-order valence-corrected chi connectivity index (χ2v) is 13.7. The van der Waals surface area contributed by atoms with Crippen molar-refractivity contribution in [2.24, 2.45) is 0 Å². The van der Waals surface area contributed by atoms with Gasteiger partial charge in [0.1, 0.15) is 23.0 Å². The average Bonchev–Trinajstić information content (AvgIpc) is 3.12. The molecule has 1 aliphatic carbocycles. The van der Waals surface area contributed by atoms with Gasteiger partial charge in [0, 0.05) is 25.7 Å². The van der Waals surface area contributed by atoms with Gasteiger partial charge in [-0.1, -0.05) is 82.3 Å². The van der Waals surface area contributed by atoms with Crippen LogP contribution in [0.15, 0.2) is 72.3 Å². The van der Waals surface area contributed by atoms with Gasteiger partial charge in [-0.15, -0.1) is 0 Å². The van der Waals surface area contributed by atoms with E-state index < -0.39 is 0 Å². The molecule has 4 aromatic carbocycles. The predicted molar refractivity (Wildman–Crippen MR) is 209 cm³/mol. The lowest BCUT2D eigenvalue weighted by atomic mass is 9.90. The number of Topliss-reactive ketones (excluding diaryl/α,β-unsaturated/α-hetero) is 2. The Kier molecular flexibility index (Phi) is 13.7.